The van der Waals surface area contributed by atoms with Gasteiger partial charge in [-0.15, -0.1) is 0 Å². The van der Waals surface area contributed by atoms with E-state index in [1.807, 2.05) is 11.0 Å². The first-order valence-corrected chi connectivity index (χ1v) is 13.2. The molecule has 2 aromatic rings. The van der Waals surface area contributed by atoms with Crippen LogP contribution in [0.3, 0.4) is 0 Å². The molecule has 9 heteroatoms. The second-order valence-corrected chi connectivity index (χ2v) is 10.2. The molecule has 9 nitrogen and oxygen atoms in total. The number of benzene rings is 1. The van der Waals surface area contributed by atoms with Crippen molar-refractivity contribution < 1.29 is 14.7 Å². The number of nitrogens with zero attached hydrogens (tertiary/aromatic N) is 6. The Morgan fingerprint density at radius 1 is 1.03 bits per heavy atom. The number of aliphatic hydroxyl groups is 1. The Hall–Kier alpha value is -3.48. The molecule has 3 amide bonds. The third-order valence-electron chi connectivity index (χ3n) is 7.60. The minimum Gasteiger partial charge on any atom is -0.390 e. The molecule has 37 heavy (non-hydrogen) atoms. The lowest BCUT2D eigenvalue weighted by Gasteiger charge is -2.31. The van der Waals surface area contributed by atoms with Crippen molar-refractivity contribution in [2.45, 2.75) is 44.9 Å². The van der Waals surface area contributed by atoms with Crippen molar-refractivity contribution in [3.8, 4) is 6.07 Å². The first kappa shape index (κ1) is 25.2. The smallest absolute Gasteiger partial charge is 0.320 e. The molecule has 1 aromatic carbocycles. The van der Waals surface area contributed by atoms with Gasteiger partial charge in [0.25, 0.3) is 5.91 Å². The largest absolute Gasteiger partial charge is 0.390 e. The summed E-state index contributed by atoms with van der Waals surface area (Å²) in [5.41, 5.74) is 3.92. The number of β-amino-alcohol motifs (C(OH)–C–C–N with tert-alkyl or cyclic N) is 1. The average molecular weight is 503 g/mol. The molecule has 0 bridgehead atoms. The van der Waals surface area contributed by atoms with Gasteiger partial charge in [-0.3, -0.25) is 14.7 Å². The molecule has 1 atom stereocenters. The third-order valence-corrected chi connectivity index (χ3v) is 7.60. The molecule has 5 rings (SSSR count). The lowest BCUT2D eigenvalue weighted by atomic mass is 10.00. The lowest BCUT2D eigenvalue weighted by Crippen LogP contribution is -2.43. The molecule has 2 saturated heterocycles. The van der Waals surface area contributed by atoms with Gasteiger partial charge in [0.05, 0.1) is 29.5 Å². The highest BCUT2D eigenvalue weighted by Crippen LogP contribution is 2.21. The monoisotopic (exact) mass is 502 g/mol. The van der Waals surface area contributed by atoms with E-state index in [4.69, 9.17) is 0 Å². The van der Waals surface area contributed by atoms with Crippen molar-refractivity contribution in [3.05, 3.63) is 64.5 Å². The topological polar surface area (TPSA) is 104 Å². The van der Waals surface area contributed by atoms with Crippen molar-refractivity contribution in [1.29, 1.82) is 5.26 Å². The van der Waals surface area contributed by atoms with Crippen LogP contribution in [0.15, 0.2) is 36.5 Å². The number of pyridine rings is 1. The van der Waals surface area contributed by atoms with Gasteiger partial charge in [0.1, 0.15) is 6.07 Å². The summed E-state index contributed by atoms with van der Waals surface area (Å²) >= 11 is 0. The summed E-state index contributed by atoms with van der Waals surface area (Å²) in [7, 11) is 0. The molecule has 1 N–H and O–H groups in total. The highest BCUT2D eigenvalue weighted by atomic mass is 16.3. The van der Waals surface area contributed by atoms with Crippen LogP contribution < -0.4 is 0 Å². The molecule has 194 valence electrons. The van der Waals surface area contributed by atoms with Crippen molar-refractivity contribution in [3.63, 3.8) is 0 Å². The maximum absolute atomic E-state index is 13.2. The van der Waals surface area contributed by atoms with Gasteiger partial charge >= 0.3 is 6.03 Å². The molecule has 2 fully saturated rings. The fourth-order valence-corrected chi connectivity index (χ4v) is 5.58. The number of fused-ring (bicyclic) bond motifs is 1. The Bertz CT molecular complexity index is 1190. The summed E-state index contributed by atoms with van der Waals surface area (Å²) in [4.78, 5) is 38.2. The first-order chi connectivity index (χ1) is 18.0. The SMILES string of the molecule is N#Cc1cnc(CN2CCN(C[C@H](O)CN3CCc4ccccc4C3)C2=O)c(C(=O)N2CCCCC2)c1. The summed E-state index contributed by atoms with van der Waals surface area (Å²) in [5, 5.41) is 20.1. The summed E-state index contributed by atoms with van der Waals surface area (Å²) < 4.78 is 0. The standard InChI is InChI=1S/C28H34N6O3/c29-15-21-14-25(27(36)32-9-4-1-5-10-32)26(30-16-21)20-34-13-12-33(28(34)37)19-24(35)18-31-11-8-22-6-2-3-7-23(22)17-31/h2-3,6-7,14,16,24,35H,1,4-5,8-13,17-20H2/t24-/m1/s1. The van der Waals surface area contributed by atoms with Crippen molar-refractivity contribution in [2.75, 3.05) is 45.8 Å². The lowest BCUT2D eigenvalue weighted by molar-refractivity contribution is 0.0721. The molecular weight excluding hydrogens is 468 g/mol. The van der Waals surface area contributed by atoms with Crippen LogP contribution in [0.2, 0.25) is 0 Å². The molecule has 3 aliphatic heterocycles. The van der Waals surface area contributed by atoms with Crippen LogP contribution in [0.25, 0.3) is 0 Å². The van der Waals surface area contributed by atoms with E-state index >= 15 is 0 Å². The van der Waals surface area contributed by atoms with Crippen LogP contribution in [0, 0.1) is 11.3 Å². The van der Waals surface area contributed by atoms with Gasteiger partial charge < -0.3 is 19.8 Å². The number of aromatic nitrogens is 1. The predicted molar refractivity (Wildman–Crippen MR) is 138 cm³/mol. The van der Waals surface area contributed by atoms with Crippen molar-refractivity contribution in [2.24, 2.45) is 0 Å². The molecule has 0 saturated carbocycles. The number of piperidine rings is 1. The number of likely N-dealkylation sites (tertiary alicyclic amines) is 1. The number of amides is 3. The van der Waals surface area contributed by atoms with Crippen molar-refractivity contribution >= 4 is 11.9 Å². The number of rotatable bonds is 7. The molecule has 3 aliphatic rings. The summed E-state index contributed by atoms with van der Waals surface area (Å²) in [6, 6.07) is 11.9. The van der Waals surface area contributed by atoms with E-state index in [0.717, 1.165) is 38.8 Å². The molecule has 4 heterocycles. The van der Waals surface area contributed by atoms with Crippen molar-refractivity contribution in [1.82, 2.24) is 24.6 Å². The van der Waals surface area contributed by atoms with Gasteiger partial charge in [-0.25, -0.2) is 4.79 Å². The zero-order chi connectivity index (χ0) is 25.8. The number of aliphatic hydroxyl groups excluding tert-OH is 1. The van der Waals surface area contributed by atoms with E-state index in [2.05, 4.69) is 34.2 Å². The fourth-order valence-electron chi connectivity index (χ4n) is 5.58. The zero-order valence-corrected chi connectivity index (χ0v) is 21.2. The number of urea groups is 1. The fraction of sp³-hybridized carbons (Fsp3) is 0.500. The van der Waals surface area contributed by atoms with Crippen LogP contribution in [0.5, 0.6) is 0 Å². The van der Waals surface area contributed by atoms with E-state index in [9.17, 15) is 20.0 Å². The van der Waals surface area contributed by atoms with E-state index < -0.39 is 6.10 Å². The van der Waals surface area contributed by atoms with E-state index in [1.54, 1.807) is 15.9 Å². The quantitative estimate of drug-likeness (QED) is 0.623. The second kappa shape index (κ2) is 11.3. The molecule has 1 aromatic heterocycles. The Kier molecular flexibility index (Phi) is 7.68. The number of hydrogen-bond acceptors (Lipinski definition) is 6. The Balaban J connectivity index is 1.20. The van der Waals surface area contributed by atoms with Gasteiger partial charge in [0.2, 0.25) is 0 Å². The van der Waals surface area contributed by atoms with Gasteiger partial charge in [-0.05, 0) is 42.9 Å². The van der Waals surface area contributed by atoms with Crippen LogP contribution in [-0.4, -0.2) is 93.5 Å². The van der Waals surface area contributed by atoms with Gasteiger partial charge in [-0.1, -0.05) is 24.3 Å². The Morgan fingerprint density at radius 3 is 2.57 bits per heavy atom. The van der Waals surface area contributed by atoms with Crippen LogP contribution >= 0.6 is 0 Å². The summed E-state index contributed by atoms with van der Waals surface area (Å²) in [6.07, 6.45) is 4.84. The van der Waals surface area contributed by atoms with Gasteiger partial charge in [-0.2, -0.15) is 5.26 Å². The number of carbonyl (C=O) groups excluding carboxylic acids is 2. The van der Waals surface area contributed by atoms with E-state index in [1.165, 1.54) is 17.3 Å². The minimum absolute atomic E-state index is 0.124. The highest BCUT2D eigenvalue weighted by molar-refractivity contribution is 5.95. The van der Waals surface area contributed by atoms with Gasteiger partial charge in [0, 0.05) is 58.6 Å². The second-order valence-electron chi connectivity index (χ2n) is 10.2. The maximum atomic E-state index is 13.2. The Morgan fingerprint density at radius 2 is 1.78 bits per heavy atom. The zero-order valence-electron chi connectivity index (χ0n) is 21.2. The molecule has 0 unspecified atom stereocenters. The number of carbonyl (C=O) groups is 2. The van der Waals surface area contributed by atoms with E-state index in [-0.39, 0.29) is 25.0 Å². The Labute approximate surface area is 217 Å². The first-order valence-electron chi connectivity index (χ1n) is 13.2. The highest BCUT2D eigenvalue weighted by Gasteiger charge is 2.32. The average Bonchev–Trinajstić information content (AvgIpc) is 3.27. The number of hydrogen-bond donors (Lipinski definition) is 1. The normalized spacial score (nSPS) is 19.0. The van der Waals surface area contributed by atoms with Crippen LogP contribution in [0.4, 0.5) is 4.79 Å². The molecule has 0 aliphatic carbocycles. The predicted octanol–water partition coefficient (Wildman–Crippen LogP) is 2.24. The molecule has 0 radical (unpaired) electrons. The molecule has 0 spiro atoms. The van der Waals surface area contributed by atoms with Crippen LogP contribution in [0.1, 0.15) is 52.0 Å². The maximum Gasteiger partial charge on any atom is 0.320 e. The number of nitriles is 1. The minimum atomic E-state index is -0.640. The summed E-state index contributed by atoms with van der Waals surface area (Å²) in [5.74, 6) is -0.124. The summed E-state index contributed by atoms with van der Waals surface area (Å²) in [6.45, 7) is 5.12. The van der Waals surface area contributed by atoms with E-state index in [0.29, 0.717) is 49.5 Å². The van der Waals surface area contributed by atoms with Gasteiger partial charge in [0.15, 0.2) is 0 Å². The van der Waals surface area contributed by atoms with Crippen LogP contribution in [-0.2, 0) is 19.5 Å². The third kappa shape index (κ3) is 5.76. The molecular formula is C28H34N6O3.